The van der Waals surface area contributed by atoms with Crippen molar-refractivity contribution in [1.29, 1.82) is 0 Å². The Balaban J connectivity index is 2.58. The lowest BCUT2D eigenvalue weighted by Gasteiger charge is -2.17. The van der Waals surface area contributed by atoms with Crippen LogP contribution in [-0.2, 0) is 29.2 Å². The SMILES string of the molecule is COC(=O)[C@@H](N)Cc1ccc(-c2c(C(F)(F)F)cc(C)n(C)c2=O)c(F)c1. The minimum Gasteiger partial charge on any atom is -0.468 e. The number of nitrogens with two attached hydrogens (primary N) is 1. The minimum absolute atomic E-state index is 0.0676. The largest absolute Gasteiger partial charge is 0.468 e. The summed E-state index contributed by atoms with van der Waals surface area (Å²) in [6.07, 6.45) is -4.90. The molecule has 0 saturated carbocycles. The molecule has 2 aromatic rings. The number of methoxy groups -OCH3 is 1. The van der Waals surface area contributed by atoms with E-state index in [0.717, 1.165) is 29.9 Å². The van der Waals surface area contributed by atoms with Crippen molar-refractivity contribution >= 4 is 5.97 Å². The van der Waals surface area contributed by atoms with Crippen molar-refractivity contribution < 1.29 is 27.1 Å². The summed E-state index contributed by atoms with van der Waals surface area (Å²) in [6.45, 7) is 1.36. The first-order chi connectivity index (χ1) is 12.5. The summed E-state index contributed by atoms with van der Waals surface area (Å²) in [5.41, 5.74) is 2.57. The molecular weight excluding hydrogens is 368 g/mol. The van der Waals surface area contributed by atoms with E-state index >= 15 is 0 Å². The Hall–Kier alpha value is -2.68. The molecule has 2 rings (SSSR count). The molecule has 0 amide bonds. The number of rotatable bonds is 4. The number of esters is 1. The van der Waals surface area contributed by atoms with E-state index in [0.29, 0.717) is 0 Å². The van der Waals surface area contributed by atoms with Gasteiger partial charge in [0.1, 0.15) is 11.9 Å². The van der Waals surface area contributed by atoms with Crippen LogP contribution in [0.25, 0.3) is 11.1 Å². The lowest BCUT2D eigenvalue weighted by molar-refractivity contribution is -0.142. The van der Waals surface area contributed by atoms with Crippen LogP contribution in [0.15, 0.2) is 29.1 Å². The number of carbonyl (C=O) groups is 1. The fourth-order valence-corrected chi connectivity index (χ4v) is 2.68. The normalized spacial score (nSPS) is 12.7. The number of hydrogen-bond acceptors (Lipinski definition) is 4. The van der Waals surface area contributed by atoms with Crippen LogP contribution in [0.2, 0.25) is 0 Å². The van der Waals surface area contributed by atoms with E-state index < -0.39 is 46.3 Å². The van der Waals surface area contributed by atoms with Crippen LogP contribution < -0.4 is 11.3 Å². The fraction of sp³-hybridized carbons (Fsp3) is 0.333. The van der Waals surface area contributed by atoms with Gasteiger partial charge >= 0.3 is 12.1 Å². The van der Waals surface area contributed by atoms with Gasteiger partial charge in [0, 0.05) is 18.3 Å². The van der Waals surface area contributed by atoms with Gasteiger partial charge in [-0.3, -0.25) is 9.59 Å². The van der Waals surface area contributed by atoms with Gasteiger partial charge in [0.15, 0.2) is 0 Å². The third kappa shape index (κ3) is 4.19. The maximum Gasteiger partial charge on any atom is 0.417 e. The topological polar surface area (TPSA) is 74.3 Å². The highest BCUT2D eigenvalue weighted by Gasteiger charge is 2.36. The van der Waals surface area contributed by atoms with E-state index in [2.05, 4.69) is 4.74 Å². The second-order valence-corrected chi connectivity index (χ2v) is 6.08. The zero-order valence-electron chi connectivity index (χ0n) is 14.9. The average molecular weight is 386 g/mol. The molecule has 0 saturated heterocycles. The van der Waals surface area contributed by atoms with Crippen LogP contribution in [-0.4, -0.2) is 23.7 Å². The highest BCUT2D eigenvalue weighted by atomic mass is 19.4. The van der Waals surface area contributed by atoms with E-state index in [4.69, 9.17) is 5.73 Å². The van der Waals surface area contributed by atoms with Gasteiger partial charge in [-0.25, -0.2) is 4.39 Å². The number of alkyl halides is 3. The zero-order chi connectivity index (χ0) is 20.5. The summed E-state index contributed by atoms with van der Waals surface area (Å²) < 4.78 is 60.3. The van der Waals surface area contributed by atoms with Crippen molar-refractivity contribution in [3.8, 4) is 11.1 Å². The molecule has 0 bridgehead atoms. The first-order valence-corrected chi connectivity index (χ1v) is 7.87. The smallest absolute Gasteiger partial charge is 0.417 e. The molecule has 0 radical (unpaired) electrons. The van der Waals surface area contributed by atoms with Crippen molar-refractivity contribution in [1.82, 2.24) is 4.57 Å². The van der Waals surface area contributed by atoms with Gasteiger partial charge < -0.3 is 15.0 Å². The lowest BCUT2D eigenvalue weighted by Crippen LogP contribution is -2.33. The van der Waals surface area contributed by atoms with Crippen molar-refractivity contribution in [2.75, 3.05) is 7.11 Å². The standard InChI is InChI=1S/C18H18F4N2O3/c1-9-6-12(18(20,21)22)15(16(25)24(9)2)11-5-4-10(7-13(11)19)8-14(23)17(26)27-3/h4-7,14H,8,23H2,1-3H3/t14-/m0/s1. The maximum absolute atomic E-state index is 14.6. The van der Waals surface area contributed by atoms with E-state index in [9.17, 15) is 27.2 Å². The van der Waals surface area contributed by atoms with Crippen LogP contribution in [0.3, 0.4) is 0 Å². The molecule has 9 heteroatoms. The fourth-order valence-electron chi connectivity index (χ4n) is 2.68. The molecule has 0 aliphatic heterocycles. The molecule has 0 spiro atoms. The van der Waals surface area contributed by atoms with Crippen molar-refractivity contribution in [2.45, 2.75) is 25.6 Å². The van der Waals surface area contributed by atoms with Gasteiger partial charge in [0.2, 0.25) is 0 Å². The van der Waals surface area contributed by atoms with E-state index in [1.54, 1.807) is 0 Å². The van der Waals surface area contributed by atoms with Crippen LogP contribution in [0, 0.1) is 12.7 Å². The van der Waals surface area contributed by atoms with Gasteiger partial charge in [0.05, 0.1) is 18.2 Å². The van der Waals surface area contributed by atoms with Crippen LogP contribution in [0.4, 0.5) is 17.6 Å². The number of nitrogens with zero attached hydrogens (tertiary/aromatic N) is 1. The Bertz CT molecular complexity index is 935. The molecule has 0 fully saturated rings. The van der Waals surface area contributed by atoms with Gasteiger partial charge in [-0.05, 0) is 31.0 Å². The second-order valence-electron chi connectivity index (χ2n) is 6.08. The molecule has 0 aliphatic carbocycles. The number of carbonyl (C=O) groups excluding carboxylic acids is 1. The summed E-state index contributed by atoms with van der Waals surface area (Å²) in [7, 11) is 2.46. The minimum atomic E-state index is -4.83. The average Bonchev–Trinajstić information content (AvgIpc) is 2.58. The van der Waals surface area contributed by atoms with Gasteiger partial charge in [-0.2, -0.15) is 13.2 Å². The third-order valence-corrected chi connectivity index (χ3v) is 4.24. The molecule has 27 heavy (non-hydrogen) atoms. The zero-order valence-corrected chi connectivity index (χ0v) is 14.9. The summed E-state index contributed by atoms with van der Waals surface area (Å²) in [5, 5.41) is 0. The number of aryl methyl sites for hydroxylation is 1. The van der Waals surface area contributed by atoms with Gasteiger partial charge in [0.25, 0.3) is 5.56 Å². The number of aromatic nitrogens is 1. The van der Waals surface area contributed by atoms with Gasteiger partial charge in [-0.15, -0.1) is 0 Å². The summed E-state index contributed by atoms with van der Waals surface area (Å²) in [4.78, 5) is 23.8. The first-order valence-electron chi connectivity index (χ1n) is 7.87. The monoisotopic (exact) mass is 386 g/mol. The van der Waals surface area contributed by atoms with Crippen molar-refractivity contribution in [2.24, 2.45) is 12.8 Å². The van der Waals surface area contributed by atoms with Crippen LogP contribution in [0.1, 0.15) is 16.8 Å². The summed E-state index contributed by atoms with van der Waals surface area (Å²) >= 11 is 0. The van der Waals surface area contributed by atoms with Gasteiger partial charge in [-0.1, -0.05) is 12.1 Å². The van der Waals surface area contributed by atoms with Crippen molar-refractivity contribution in [3.05, 3.63) is 57.3 Å². The molecule has 2 N–H and O–H groups in total. The highest BCUT2D eigenvalue weighted by Crippen LogP contribution is 2.36. The van der Waals surface area contributed by atoms with Crippen LogP contribution in [0.5, 0.6) is 0 Å². The van der Waals surface area contributed by atoms with Crippen molar-refractivity contribution in [3.63, 3.8) is 0 Å². The Labute approximate surface area is 152 Å². The number of ether oxygens (including phenoxy) is 1. The Morgan fingerprint density at radius 2 is 1.93 bits per heavy atom. The number of benzene rings is 1. The molecule has 1 aromatic carbocycles. The molecule has 0 unspecified atom stereocenters. The molecule has 0 aliphatic rings. The number of halogens is 4. The Kier molecular flexibility index (Phi) is 5.74. The summed E-state index contributed by atoms with van der Waals surface area (Å²) in [6, 6.07) is 3.11. The number of hydrogen-bond donors (Lipinski definition) is 1. The maximum atomic E-state index is 14.6. The summed E-state index contributed by atoms with van der Waals surface area (Å²) in [5.74, 6) is -1.72. The molecule has 1 aromatic heterocycles. The van der Waals surface area contributed by atoms with E-state index in [-0.39, 0.29) is 17.7 Å². The van der Waals surface area contributed by atoms with Crippen LogP contribution >= 0.6 is 0 Å². The molecule has 146 valence electrons. The highest BCUT2D eigenvalue weighted by molar-refractivity contribution is 5.76. The quantitative estimate of drug-likeness (QED) is 0.648. The Morgan fingerprint density at radius 1 is 1.30 bits per heavy atom. The predicted molar refractivity (Wildman–Crippen MR) is 90.5 cm³/mol. The van der Waals surface area contributed by atoms with E-state index in [1.165, 1.54) is 20.0 Å². The van der Waals surface area contributed by atoms with E-state index in [1.807, 2.05) is 0 Å². The predicted octanol–water partition coefficient (Wildman–Crippen LogP) is 2.56. The first kappa shape index (κ1) is 20.6. The molecule has 5 nitrogen and oxygen atoms in total. The second kappa shape index (κ2) is 7.51. The third-order valence-electron chi connectivity index (χ3n) is 4.24. The molecule has 1 heterocycles. The Morgan fingerprint density at radius 3 is 2.44 bits per heavy atom. The number of pyridine rings is 1. The molecule has 1 atom stereocenters. The lowest BCUT2D eigenvalue weighted by atomic mass is 9.97. The molecular formula is C18H18F4N2O3.